The minimum atomic E-state index is -1.18. The fraction of sp³-hybridized carbons (Fsp3) is 0.857. The Bertz CT molecular complexity index is 362. The third-order valence-electron chi connectivity index (χ3n) is 4.06. The van der Waals surface area contributed by atoms with Gasteiger partial charge in [-0.05, 0) is 26.8 Å². The van der Waals surface area contributed by atoms with Crippen LogP contribution in [0.3, 0.4) is 0 Å². The molecule has 20 heavy (non-hydrogen) atoms. The number of rotatable bonds is 5. The lowest BCUT2D eigenvalue weighted by atomic mass is 9.96. The summed E-state index contributed by atoms with van der Waals surface area (Å²) in [6.07, 6.45) is 1.14. The van der Waals surface area contributed by atoms with Crippen molar-refractivity contribution in [3.05, 3.63) is 0 Å². The maximum absolute atomic E-state index is 12.3. The van der Waals surface area contributed by atoms with Gasteiger partial charge >= 0.3 is 12.0 Å². The van der Waals surface area contributed by atoms with Crippen molar-refractivity contribution in [1.29, 1.82) is 0 Å². The number of carboxylic acids is 1. The molecule has 0 aromatic carbocycles. The molecule has 0 spiro atoms. The predicted molar refractivity (Wildman–Crippen MR) is 77.8 cm³/mol. The normalized spacial score (nSPS) is 23.2. The Labute approximate surface area is 121 Å². The van der Waals surface area contributed by atoms with E-state index in [0.29, 0.717) is 32.0 Å². The van der Waals surface area contributed by atoms with Crippen molar-refractivity contribution in [2.45, 2.75) is 52.1 Å². The lowest BCUT2D eigenvalue weighted by Crippen LogP contribution is -2.60. The molecule has 0 saturated carbocycles. The van der Waals surface area contributed by atoms with E-state index in [1.165, 1.54) is 0 Å². The molecule has 2 N–H and O–H groups in total. The fourth-order valence-corrected chi connectivity index (χ4v) is 2.69. The SMILES string of the molecule is CCCC(C)(NC(=O)N1CCN(CC)C(C)C1)C(=O)O. The third kappa shape index (κ3) is 3.85. The van der Waals surface area contributed by atoms with E-state index in [2.05, 4.69) is 24.1 Å². The van der Waals surface area contributed by atoms with Gasteiger partial charge in [-0.1, -0.05) is 20.3 Å². The van der Waals surface area contributed by atoms with Crippen LogP contribution in [0.15, 0.2) is 0 Å². The Morgan fingerprint density at radius 3 is 2.45 bits per heavy atom. The minimum Gasteiger partial charge on any atom is -0.480 e. The molecule has 0 aliphatic carbocycles. The van der Waals surface area contributed by atoms with Gasteiger partial charge in [-0.2, -0.15) is 0 Å². The standard InChI is InChI=1S/C14H27N3O3/c1-5-7-14(4,12(18)19)15-13(20)17-9-8-16(6-2)11(3)10-17/h11H,5-10H2,1-4H3,(H,15,20)(H,18,19). The zero-order chi connectivity index (χ0) is 15.3. The van der Waals surface area contributed by atoms with Crippen molar-refractivity contribution >= 4 is 12.0 Å². The first-order chi connectivity index (χ1) is 9.34. The molecule has 1 saturated heterocycles. The van der Waals surface area contributed by atoms with Gasteiger partial charge in [0.05, 0.1) is 0 Å². The lowest BCUT2D eigenvalue weighted by Gasteiger charge is -2.40. The summed E-state index contributed by atoms with van der Waals surface area (Å²) in [5.74, 6) is -0.979. The average Bonchev–Trinajstić information content (AvgIpc) is 2.38. The van der Waals surface area contributed by atoms with Gasteiger partial charge in [0.15, 0.2) is 0 Å². The number of nitrogens with one attached hydrogen (secondary N) is 1. The molecule has 2 amide bonds. The lowest BCUT2D eigenvalue weighted by molar-refractivity contribution is -0.144. The summed E-state index contributed by atoms with van der Waals surface area (Å²) in [5, 5.41) is 12.0. The molecule has 1 heterocycles. The summed E-state index contributed by atoms with van der Waals surface area (Å²) in [6.45, 7) is 10.8. The zero-order valence-corrected chi connectivity index (χ0v) is 13.0. The number of hydrogen-bond acceptors (Lipinski definition) is 3. The van der Waals surface area contributed by atoms with E-state index in [9.17, 15) is 14.7 Å². The van der Waals surface area contributed by atoms with Gasteiger partial charge in [-0.3, -0.25) is 4.90 Å². The zero-order valence-electron chi connectivity index (χ0n) is 13.0. The Kier molecular flexibility index (Phi) is 5.80. The summed E-state index contributed by atoms with van der Waals surface area (Å²) < 4.78 is 0. The van der Waals surface area contributed by atoms with Crippen LogP contribution >= 0.6 is 0 Å². The van der Waals surface area contributed by atoms with Crippen LogP contribution in [0.25, 0.3) is 0 Å². The molecule has 1 rings (SSSR count). The van der Waals surface area contributed by atoms with Crippen molar-refractivity contribution in [3.8, 4) is 0 Å². The number of hydrogen-bond donors (Lipinski definition) is 2. The number of carbonyl (C=O) groups excluding carboxylic acids is 1. The Morgan fingerprint density at radius 2 is 2.00 bits per heavy atom. The van der Waals surface area contributed by atoms with Crippen LogP contribution in [0.1, 0.15) is 40.5 Å². The summed E-state index contributed by atoms with van der Waals surface area (Å²) in [5.41, 5.74) is -1.18. The molecule has 0 radical (unpaired) electrons. The van der Waals surface area contributed by atoms with Crippen LogP contribution in [0.4, 0.5) is 4.79 Å². The smallest absolute Gasteiger partial charge is 0.329 e. The van der Waals surface area contributed by atoms with Crippen molar-refractivity contribution in [3.63, 3.8) is 0 Å². The number of carboxylic acid groups (broad SMARTS) is 1. The van der Waals surface area contributed by atoms with Gasteiger partial charge < -0.3 is 15.3 Å². The van der Waals surface area contributed by atoms with Gasteiger partial charge in [0.1, 0.15) is 5.54 Å². The highest BCUT2D eigenvalue weighted by atomic mass is 16.4. The Morgan fingerprint density at radius 1 is 1.35 bits per heavy atom. The fourth-order valence-electron chi connectivity index (χ4n) is 2.69. The summed E-state index contributed by atoms with van der Waals surface area (Å²) in [6, 6.07) is 0.0349. The first kappa shape index (κ1) is 16.8. The number of amides is 2. The van der Waals surface area contributed by atoms with Crippen molar-refractivity contribution in [2.75, 3.05) is 26.2 Å². The highest BCUT2D eigenvalue weighted by molar-refractivity contribution is 5.85. The first-order valence-corrected chi connectivity index (χ1v) is 7.38. The maximum atomic E-state index is 12.3. The molecule has 116 valence electrons. The van der Waals surface area contributed by atoms with Gasteiger partial charge in [-0.25, -0.2) is 9.59 Å². The highest BCUT2D eigenvalue weighted by Gasteiger charge is 2.36. The highest BCUT2D eigenvalue weighted by Crippen LogP contribution is 2.15. The quantitative estimate of drug-likeness (QED) is 0.800. The summed E-state index contributed by atoms with van der Waals surface area (Å²) in [7, 11) is 0. The number of piperazine rings is 1. The van der Waals surface area contributed by atoms with Crippen molar-refractivity contribution < 1.29 is 14.7 Å². The third-order valence-corrected chi connectivity index (χ3v) is 4.06. The van der Waals surface area contributed by atoms with E-state index in [4.69, 9.17) is 0 Å². The molecule has 0 aromatic rings. The van der Waals surface area contributed by atoms with Gasteiger partial charge in [0.25, 0.3) is 0 Å². The average molecular weight is 285 g/mol. The van der Waals surface area contributed by atoms with E-state index in [-0.39, 0.29) is 6.03 Å². The first-order valence-electron chi connectivity index (χ1n) is 7.38. The molecule has 1 aliphatic heterocycles. The molecule has 0 aromatic heterocycles. The second kappa shape index (κ2) is 6.92. The van der Waals surface area contributed by atoms with E-state index >= 15 is 0 Å². The van der Waals surface area contributed by atoms with Crippen molar-refractivity contribution in [2.24, 2.45) is 0 Å². The summed E-state index contributed by atoms with van der Waals surface area (Å²) >= 11 is 0. The molecule has 1 aliphatic rings. The minimum absolute atomic E-state index is 0.272. The van der Waals surface area contributed by atoms with Crippen LogP contribution in [0.5, 0.6) is 0 Å². The van der Waals surface area contributed by atoms with E-state index in [1.807, 2.05) is 6.92 Å². The predicted octanol–water partition coefficient (Wildman–Crippen LogP) is 1.37. The molecule has 2 atom stereocenters. The summed E-state index contributed by atoms with van der Waals surface area (Å²) in [4.78, 5) is 27.6. The topological polar surface area (TPSA) is 72.9 Å². The molecule has 6 heteroatoms. The molecule has 2 unspecified atom stereocenters. The number of carbonyl (C=O) groups is 2. The monoisotopic (exact) mass is 285 g/mol. The van der Waals surface area contributed by atoms with E-state index in [0.717, 1.165) is 13.1 Å². The van der Waals surface area contributed by atoms with Crippen LogP contribution in [-0.2, 0) is 4.79 Å². The second-order valence-electron chi connectivity index (χ2n) is 5.74. The van der Waals surface area contributed by atoms with Crippen molar-refractivity contribution in [1.82, 2.24) is 15.1 Å². The largest absolute Gasteiger partial charge is 0.480 e. The van der Waals surface area contributed by atoms with Gasteiger partial charge in [-0.15, -0.1) is 0 Å². The molecular formula is C14H27N3O3. The number of likely N-dealkylation sites (N-methyl/N-ethyl adjacent to an activating group) is 1. The Balaban J connectivity index is 2.64. The van der Waals surface area contributed by atoms with Gasteiger partial charge in [0.2, 0.25) is 0 Å². The van der Waals surface area contributed by atoms with Crippen LogP contribution < -0.4 is 5.32 Å². The molecule has 1 fully saturated rings. The second-order valence-corrected chi connectivity index (χ2v) is 5.74. The van der Waals surface area contributed by atoms with Crippen LogP contribution in [-0.4, -0.2) is 64.7 Å². The van der Waals surface area contributed by atoms with Gasteiger partial charge in [0, 0.05) is 25.7 Å². The Hall–Kier alpha value is -1.30. The number of urea groups is 1. The molecule has 0 bridgehead atoms. The molecule has 6 nitrogen and oxygen atoms in total. The number of aliphatic carboxylic acids is 1. The van der Waals surface area contributed by atoms with E-state index in [1.54, 1.807) is 11.8 Å². The molecular weight excluding hydrogens is 258 g/mol. The number of nitrogens with zero attached hydrogens (tertiary/aromatic N) is 2. The van der Waals surface area contributed by atoms with Crippen LogP contribution in [0, 0.1) is 0 Å². The maximum Gasteiger partial charge on any atom is 0.329 e. The van der Waals surface area contributed by atoms with E-state index < -0.39 is 11.5 Å². The van der Waals surface area contributed by atoms with Crippen LogP contribution in [0.2, 0.25) is 0 Å².